The van der Waals surface area contributed by atoms with Crippen LogP contribution in [0.15, 0.2) is 53.4 Å². The van der Waals surface area contributed by atoms with Crippen molar-refractivity contribution in [2.24, 2.45) is 0 Å². The lowest BCUT2D eigenvalue weighted by atomic mass is 10.1. The number of nitrogens with zero attached hydrogens (tertiary/aromatic N) is 1. The van der Waals surface area contributed by atoms with E-state index in [1.807, 2.05) is 0 Å². The van der Waals surface area contributed by atoms with E-state index in [-0.39, 0.29) is 11.3 Å². The van der Waals surface area contributed by atoms with E-state index in [4.69, 9.17) is 9.84 Å². The van der Waals surface area contributed by atoms with Crippen LogP contribution in [-0.2, 0) is 20.8 Å². The van der Waals surface area contributed by atoms with E-state index in [0.29, 0.717) is 22.6 Å². The van der Waals surface area contributed by atoms with Gasteiger partial charge in [0.1, 0.15) is 12.3 Å². The number of nitrogens with one attached hydrogen (secondary N) is 1. The Bertz CT molecular complexity index is 1030. The number of hydrogen-bond acceptors (Lipinski definition) is 6. The average molecular weight is 426 g/mol. The van der Waals surface area contributed by atoms with Crippen molar-refractivity contribution in [2.45, 2.75) is 6.42 Å². The molecule has 2 N–H and O–H groups in total. The van der Waals surface area contributed by atoms with E-state index in [2.05, 4.69) is 5.32 Å². The number of methoxy groups -OCH3 is 1. The zero-order valence-corrected chi connectivity index (χ0v) is 16.8. The zero-order chi connectivity index (χ0) is 21.7. The van der Waals surface area contributed by atoms with Gasteiger partial charge in [-0.3, -0.25) is 24.1 Å². The second-order valence-corrected chi connectivity index (χ2v) is 7.35. The first-order valence-corrected chi connectivity index (χ1v) is 9.67. The van der Waals surface area contributed by atoms with Crippen molar-refractivity contribution in [3.63, 3.8) is 0 Å². The summed E-state index contributed by atoms with van der Waals surface area (Å²) in [6, 6.07) is 13.3. The molecule has 3 rings (SSSR count). The quantitative estimate of drug-likeness (QED) is 0.655. The third-order valence-electron chi connectivity index (χ3n) is 4.16. The fourth-order valence-electron chi connectivity index (χ4n) is 2.74. The number of imide groups is 1. The molecule has 154 valence electrons. The van der Waals surface area contributed by atoms with Crippen LogP contribution in [0.3, 0.4) is 0 Å². The van der Waals surface area contributed by atoms with Crippen molar-refractivity contribution >= 4 is 46.5 Å². The Morgan fingerprint density at radius 1 is 1.17 bits per heavy atom. The summed E-state index contributed by atoms with van der Waals surface area (Å²) in [5, 5.41) is 10.8. The number of carboxylic acids is 1. The number of carbonyl (C=O) groups is 4. The topological polar surface area (TPSA) is 113 Å². The molecule has 0 bridgehead atoms. The Morgan fingerprint density at radius 3 is 2.57 bits per heavy atom. The molecule has 0 atom stereocenters. The molecule has 2 aromatic rings. The van der Waals surface area contributed by atoms with E-state index in [0.717, 1.165) is 16.7 Å². The van der Waals surface area contributed by atoms with Crippen LogP contribution in [0.1, 0.15) is 11.1 Å². The molecule has 0 radical (unpaired) electrons. The van der Waals surface area contributed by atoms with Gasteiger partial charge in [-0.05, 0) is 53.2 Å². The molecule has 9 heteroatoms. The maximum atomic E-state index is 12.6. The second-order valence-electron chi connectivity index (χ2n) is 6.36. The number of benzene rings is 2. The summed E-state index contributed by atoms with van der Waals surface area (Å²) in [7, 11) is 1.53. The molecule has 0 saturated carbocycles. The maximum absolute atomic E-state index is 12.6. The smallest absolute Gasteiger partial charge is 0.307 e. The van der Waals surface area contributed by atoms with E-state index in [9.17, 15) is 19.2 Å². The van der Waals surface area contributed by atoms with Gasteiger partial charge in [0.25, 0.3) is 11.1 Å². The maximum Gasteiger partial charge on any atom is 0.307 e. The largest absolute Gasteiger partial charge is 0.497 e. The van der Waals surface area contributed by atoms with E-state index in [1.165, 1.54) is 7.11 Å². The molecule has 0 spiro atoms. The third kappa shape index (κ3) is 5.26. The average Bonchev–Trinajstić information content (AvgIpc) is 2.96. The van der Waals surface area contributed by atoms with Crippen molar-refractivity contribution in [3.05, 3.63) is 64.6 Å². The minimum Gasteiger partial charge on any atom is -0.497 e. The molecule has 1 heterocycles. The number of hydrogen-bond donors (Lipinski definition) is 2. The highest BCUT2D eigenvalue weighted by Crippen LogP contribution is 2.32. The molecule has 0 aliphatic carbocycles. The van der Waals surface area contributed by atoms with E-state index >= 15 is 0 Å². The lowest BCUT2D eigenvalue weighted by Crippen LogP contribution is -2.36. The van der Waals surface area contributed by atoms with Gasteiger partial charge in [0.2, 0.25) is 5.91 Å². The third-order valence-corrected chi connectivity index (χ3v) is 5.07. The number of amides is 3. The van der Waals surface area contributed by atoms with Crippen molar-refractivity contribution in [1.29, 1.82) is 0 Å². The second kappa shape index (κ2) is 9.27. The van der Waals surface area contributed by atoms with Crippen molar-refractivity contribution < 1.29 is 29.0 Å². The Morgan fingerprint density at radius 2 is 1.90 bits per heavy atom. The Balaban J connectivity index is 1.64. The number of anilines is 1. The number of aliphatic carboxylic acids is 1. The first-order valence-electron chi connectivity index (χ1n) is 8.85. The number of thioether (sulfide) groups is 1. The molecule has 0 aromatic heterocycles. The molecule has 0 unspecified atom stereocenters. The molecule has 1 fully saturated rings. The molecule has 1 aliphatic heterocycles. The molecule has 3 amide bonds. The fraction of sp³-hybridized carbons (Fsp3) is 0.143. The van der Waals surface area contributed by atoms with Gasteiger partial charge in [-0.15, -0.1) is 0 Å². The van der Waals surface area contributed by atoms with Gasteiger partial charge >= 0.3 is 5.97 Å². The first-order chi connectivity index (χ1) is 14.4. The van der Waals surface area contributed by atoms with Crippen LogP contribution in [0.5, 0.6) is 5.75 Å². The standard InChI is InChI=1S/C21H18N2O6S/c1-29-16-4-2-3-14(9-16)10-17-20(27)23(21(28)30-17)12-18(24)22-15-7-5-13(6-8-15)11-19(25)26/h2-10H,11-12H2,1H3,(H,22,24)(H,25,26)/b17-10-. The van der Waals surface area contributed by atoms with E-state index in [1.54, 1.807) is 54.6 Å². The molecular weight excluding hydrogens is 408 g/mol. The van der Waals surface area contributed by atoms with Gasteiger partial charge in [-0.2, -0.15) is 0 Å². The molecule has 1 aliphatic rings. The molecule has 8 nitrogen and oxygen atoms in total. The van der Waals surface area contributed by atoms with Crippen LogP contribution in [-0.4, -0.2) is 46.7 Å². The monoisotopic (exact) mass is 426 g/mol. The summed E-state index contributed by atoms with van der Waals surface area (Å²) in [6.45, 7) is -0.420. The Hall–Kier alpha value is -3.59. The van der Waals surface area contributed by atoms with Crippen LogP contribution in [0, 0.1) is 0 Å². The summed E-state index contributed by atoms with van der Waals surface area (Å²) in [5.41, 5.74) is 1.73. The molecular formula is C21H18N2O6S. The van der Waals surface area contributed by atoms with E-state index < -0.39 is 29.6 Å². The minimum absolute atomic E-state index is 0.120. The predicted molar refractivity (Wildman–Crippen MR) is 112 cm³/mol. The van der Waals surface area contributed by atoms with Crippen molar-refractivity contribution in [2.75, 3.05) is 19.0 Å². The van der Waals surface area contributed by atoms with Crippen molar-refractivity contribution in [1.82, 2.24) is 4.90 Å². The SMILES string of the molecule is COc1cccc(/C=C2\SC(=O)N(CC(=O)Nc3ccc(CC(=O)O)cc3)C2=O)c1. The first kappa shape index (κ1) is 21.1. The highest BCUT2D eigenvalue weighted by atomic mass is 32.2. The van der Waals surface area contributed by atoms with Crippen LogP contribution in [0.2, 0.25) is 0 Å². The predicted octanol–water partition coefficient (Wildman–Crippen LogP) is 3.00. The number of carboxylic acid groups (broad SMARTS) is 1. The summed E-state index contributed by atoms with van der Waals surface area (Å²) in [6.07, 6.45) is 1.46. The molecule has 30 heavy (non-hydrogen) atoms. The zero-order valence-electron chi connectivity index (χ0n) is 16.0. The summed E-state index contributed by atoms with van der Waals surface area (Å²) >= 11 is 0.768. The van der Waals surface area contributed by atoms with Gasteiger partial charge in [0, 0.05) is 5.69 Å². The normalized spacial score (nSPS) is 14.8. The summed E-state index contributed by atoms with van der Waals surface area (Å²) < 4.78 is 5.14. The van der Waals surface area contributed by atoms with Crippen LogP contribution in [0.25, 0.3) is 6.08 Å². The highest BCUT2D eigenvalue weighted by Gasteiger charge is 2.36. The lowest BCUT2D eigenvalue weighted by Gasteiger charge is -2.12. The fourth-order valence-corrected chi connectivity index (χ4v) is 3.58. The van der Waals surface area contributed by atoms with Gasteiger partial charge in [0.05, 0.1) is 18.4 Å². The van der Waals surface area contributed by atoms with Gasteiger partial charge in [0.15, 0.2) is 0 Å². The lowest BCUT2D eigenvalue weighted by molar-refractivity contribution is -0.136. The van der Waals surface area contributed by atoms with Gasteiger partial charge in [-0.1, -0.05) is 24.3 Å². The van der Waals surface area contributed by atoms with Crippen LogP contribution in [0.4, 0.5) is 10.5 Å². The Labute approximate surface area is 176 Å². The molecule has 1 saturated heterocycles. The van der Waals surface area contributed by atoms with Gasteiger partial charge in [-0.25, -0.2) is 0 Å². The van der Waals surface area contributed by atoms with Crippen LogP contribution >= 0.6 is 11.8 Å². The summed E-state index contributed by atoms with van der Waals surface area (Å²) in [5.74, 6) is -1.41. The number of rotatable bonds is 7. The van der Waals surface area contributed by atoms with Gasteiger partial charge < -0.3 is 15.2 Å². The Kier molecular flexibility index (Phi) is 6.53. The van der Waals surface area contributed by atoms with Crippen molar-refractivity contribution in [3.8, 4) is 5.75 Å². The summed E-state index contributed by atoms with van der Waals surface area (Å²) in [4.78, 5) is 48.9. The minimum atomic E-state index is -0.951. The highest BCUT2D eigenvalue weighted by molar-refractivity contribution is 8.18. The van der Waals surface area contributed by atoms with Crippen LogP contribution < -0.4 is 10.1 Å². The molecule has 2 aromatic carbocycles. The number of ether oxygens (including phenoxy) is 1. The number of carbonyl (C=O) groups excluding carboxylic acids is 3.